The first-order valence-corrected chi connectivity index (χ1v) is 8.20. The highest BCUT2D eigenvalue weighted by molar-refractivity contribution is 5.78. The first-order chi connectivity index (χ1) is 11.2. The molecule has 4 atom stereocenters. The molecule has 0 aromatic rings. The molecule has 24 heavy (non-hydrogen) atoms. The molecule has 0 aromatic heterocycles. The molecule has 6 nitrogen and oxygen atoms in total. The van der Waals surface area contributed by atoms with Gasteiger partial charge in [-0.05, 0) is 19.8 Å². The number of urea groups is 1. The number of rotatable bonds is 4. The molecule has 138 valence electrons. The Labute approximate surface area is 138 Å². The summed E-state index contributed by atoms with van der Waals surface area (Å²) in [6, 6.07) is -0.899. The highest BCUT2D eigenvalue weighted by atomic mass is 19.4. The average Bonchev–Trinajstić information content (AvgIpc) is 2.95. The molecule has 2 rings (SSSR count). The molecule has 1 aliphatic carbocycles. The number of carbonyl (C=O) groups excluding carboxylic acids is 1. The van der Waals surface area contributed by atoms with Crippen LogP contribution in [0.25, 0.3) is 0 Å². The first-order valence-electron chi connectivity index (χ1n) is 8.20. The van der Waals surface area contributed by atoms with Gasteiger partial charge in [-0.2, -0.15) is 13.2 Å². The summed E-state index contributed by atoms with van der Waals surface area (Å²) in [6.45, 7) is 1.28. The number of nitrogens with zero attached hydrogens (tertiary/aromatic N) is 1. The summed E-state index contributed by atoms with van der Waals surface area (Å²) in [5, 5.41) is 11.7. The van der Waals surface area contributed by atoms with Crippen molar-refractivity contribution in [3.63, 3.8) is 0 Å². The summed E-state index contributed by atoms with van der Waals surface area (Å²) in [5.41, 5.74) is 0. The van der Waals surface area contributed by atoms with Crippen molar-refractivity contribution < 1.29 is 32.6 Å². The van der Waals surface area contributed by atoms with Crippen LogP contribution in [0.1, 0.15) is 32.6 Å². The van der Waals surface area contributed by atoms with E-state index in [0.29, 0.717) is 13.0 Å². The number of nitrogens with one attached hydrogen (secondary N) is 1. The van der Waals surface area contributed by atoms with Crippen molar-refractivity contribution in [2.24, 2.45) is 11.8 Å². The van der Waals surface area contributed by atoms with Crippen LogP contribution >= 0.6 is 0 Å². The minimum Gasteiger partial charge on any atom is -0.481 e. The van der Waals surface area contributed by atoms with Crippen LogP contribution in [-0.4, -0.2) is 60.0 Å². The van der Waals surface area contributed by atoms with E-state index in [2.05, 4.69) is 5.32 Å². The van der Waals surface area contributed by atoms with Crippen molar-refractivity contribution in [2.75, 3.05) is 19.7 Å². The molecule has 2 amide bonds. The van der Waals surface area contributed by atoms with Gasteiger partial charge in [0.25, 0.3) is 0 Å². The van der Waals surface area contributed by atoms with Crippen molar-refractivity contribution in [3.8, 4) is 0 Å². The van der Waals surface area contributed by atoms with E-state index in [4.69, 9.17) is 9.84 Å². The molecule has 9 heteroatoms. The fourth-order valence-electron chi connectivity index (χ4n) is 3.48. The lowest BCUT2D eigenvalue weighted by atomic mass is 9.92. The lowest BCUT2D eigenvalue weighted by molar-refractivity contribution is -0.187. The topological polar surface area (TPSA) is 78.9 Å². The van der Waals surface area contributed by atoms with Gasteiger partial charge in [-0.15, -0.1) is 0 Å². The van der Waals surface area contributed by atoms with Crippen LogP contribution in [0.3, 0.4) is 0 Å². The number of carboxylic acid groups (broad SMARTS) is 1. The smallest absolute Gasteiger partial charge is 0.394 e. The number of likely N-dealkylation sites (tertiary alicyclic amines) is 1. The molecule has 0 radical (unpaired) electrons. The van der Waals surface area contributed by atoms with Crippen LogP contribution in [0.15, 0.2) is 0 Å². The van der Waals surface area contributed by atoms with E-state index in [1.807, 2.05) is 6.92 Å². The zero-order valence-electron chi connectivity index (χ0n) is 13.5. The number of halogens is 3. The van der Waals surface area contributed by atoms with Crippen LogP contribution in [-0.2, 0) is 9.53 Å². The summed E-state index contributed by atoms with van der Waals surface area (Å²) in [6.07, 6.45) is -1.40. The summed E-state index contributed by atoms with van der Waals surface area (Å²) in [4.78, 5) is 24.3. The van der Waals surface area contributed by atoms with Crippen LogP contribution in [0.2, 0.25) is 0 Å². The second kappa shape index (κ2) is 7.58. The Kier molecular flexibility index (Phi) is 5.95. The number of ether oxygens (including phenoxy) is 1. The predicted octanol–water partition coefficient (Wildman–Crippen LogP) is 2.24. The first kappa shape index (κ1) is 18.8. The normalized spacial score (nSPS) is 31.1. The number of hydrogen-bond donors (Lipinski definition) is 2. The van der Waals surface area contributed by atoms with Crippen molar-refractivity contribution in [1.82, 2.24) is 10.2 Å². The Morgan fingerprint density at radius 2 is 1.92 bits per heavy atom. The van der Waals surface area contributed by atoms with Crippen LogP contribution in [0.5, 0.6) is 0 Å². The molecular weight excluding hydrogens is 329 g/mol. The molecule has 0 spiro atoms. The fraction of sp³-hybridized carbons (Fsp3) is 0.867. The van der Waals surface area contributed by atoms with Crippen LogP contribution in [0, 0.1) is 11.8 Å². The molecular formula is C15H23F3N2O4. The lowest BCUT2D eigenvalue weighted by Crippen LogP contribution is -2.51. The standard InChI is InChI=1S/C15H23F3N2O4/c1-2-24-12-6-4-3-5-11(12)19-14(23)20-7-9(13(21)22)10(8-20)15(16,17)18/h9-12H,2-8H2,1H3,(H,19,23)(H,21,22)/t9-,10-,11-,12-/m1/s1. The zero-order valence-corrected chi connectivity index (χ0v) is 13.5. The Hall–Kier alpha value is -1.51. The van der Waals surface area contributed by atoms with E-state index in [-0.39, 0.29) is 12.1 Å². The number of carboxylic acids is 1. The zero-order chi connectivity index (χ0) is 17.9. The Balaban J connectivity index is 2.00. The van der Waals surface area contributed by atoms with Gasteiger partial charge in [-0.3, -0.25) is 4.79 Å². The van der Waals surface area contributed by atoms with E-state index in [1.54, 1.807) is 0 Å². The molecule has 1 heterocycles. The summed E-state index contributed by atoms with van der Waals surface area (Å²) >= 11 is 0. The quantitative estimate of drug-likeness (QED) is 0.813. The van der Waals surface area contributed by atoms with E-state index < -0.39 is 43.1 Å². The van der Waals surface area contributed by atoms with Crippen molar-refractivity contribution in [2.45, 2.75) is 50.9 Å². The molecule has 2 N–H and O–H groups in total. The maximum atomic E-state index is 13.0. The third kappa shape index (κ3) is 4.31. The van der Waals surface area contributed by atoms with Gasteiger partial charge in [0, 0.05) is 19.7 Å². The molecule has 0 bridgehead atoms. The fourth-order valence-corrected chi connectivity index (χ4v) is 3.48. The van der Waals surface area contributed by atoms with E-state index in [9.17, 15) is 22.8 Å². The minimum atomic E-state index is -4.64. The van der Waals surface area contributed by atoms with Gasteiger partial charge >= 0.3 is 18.2 Å². The van der Waals surface area contributed by atoms with Gasteiger partial charge < -0.3 is 20.1 Å². The lowest BCUT2D eigenvalue weighted by Gasteiger charge is -2.33. The monoisotopic (exact) mass is 352 g/mol. The van der Waals surface area contributed by atoms with Gasteiger partial charge in [0.2, 0.25) is 0 Å². The van der Waals surface area contributed by atoms with Crippen molar-refractivity contribution in [1.29, 1.82) is 0 Å². The van der Waals surface area contributed by atoms with Gasteiger partial charge in [-0.25, -0.2) is 4.79 Å². The molecule has 1 saturated heterocycles. The van der Waals surface area contributed by atoms with Gasteiger partial charge in [0.05, 0.1) is 24.0 Å². The summed E-state index contributed by atoms with van der Waals surface area (Å²) < 4.78 is 44.5. The third-order valence-electron chi connectivity index (χ3n) is 4.74. The van der Waals surface area contributed by atoms with Crippen LogP contribution < -0.4 is 5.32 Å². The molecule has 2 fully saturated rings. The number of alkyl halides is 3. The third-order valence-corrected chi connectivity index (χ3v) is 4.74. The van der Waals surface area contributed by atoms with Gasteiger partial charge in [0.1, 0.15) is 0 Å². The largest absolute Gasteiger partial charge is 0.481 e. The number of carbonyl (C=O) groups is 2. The van der Waals surface area contributed by atoms with Crippen LogP contribution in [0.4, 0.5) is 18.0 Å². The summed E-state index contributed by atoms with van der Waals surface area (Å²) in [7, 11) is 0. The van der Waals surface area contributed by atoms with Crippen molar-refractivity contribution in [3.05, 3.63) is 0 Å². The average molecular weight is 352 g/mol. The second-order valence-electron chi connectivity index (χ2n) is 6.33. The van der Waals surface area contributed by atoms with E-state index in [1.165, 1.54) is 0 Å². The van der Waals surface area contributed by atoms with Crippen molar-refractivity contribution >= 4 is 12.0 Å². The Morgan fingerprint density at radius 3 is 2.46 bits per heavy atom. The number of amides is 2. The Bertz CT molecular complexity index is 470. The van der Waals surface area contributed by atoms with Gasteiger partial charge in [0.15, 0.2) is 0 Å². The maximum absolute atomic E-state index is 13.0. The molecule has 1 saturated carbocycles. The second-order valence-corrected chi connectivity index (χ2v) is 6.33. The number of aliphatic carboxylic acids is 1. The summed E-state index contributed by atoms with van der Waals surface area (Å²) in [5.74, 6) is -5.18. The molecule has 2 aliphatic rings. The van der Waals surface area contributed by atoms with E-state index >= 15 is 0 Å². The SMILES string of the molecule is CCO[C@@H]1CCCC[C@H]1NC(=O)N1C[C@@H](C(F)(F)F)[C@H](C(=O)O)C1. The predicted molar refractivity (Wildman–Crippen MR) is 78.4 cm³/mol. The highest BCUT2D eigenvalue weighted by Crippen LogP contribution is 2.37. The van der Waals surface area contributed by atoms with E-state index in [0.717, 1.165) is 24.2 Å². The number of hydrogen-bond acceptors (Lipinski definition) is 3. The van der Waals surface area contributed by atoms with Gasteiger partial charge in [-0.1, -0.05) is 12.8 Å². The molecule has 0 unspecified atom stereocenters. The Morgan fingerprint density at radius 1 is 1.25 bits per heavy atom. The maximum Gasteiger partial charge on any atom is 0.394 e. The minimum absolute atomic E-state index is 0.149. The highest BCUT2D eigenvalue weighted by Gasteiger charge is 2.53. The molecule has 1 aliphatic heterocycles. The molecule has 0 aromatic carbocycles.